The standard InChI is InChI=1S/C15H15N3O2S/c1-10-6-11(2)18-15(13(10)7-16)21-9-14(19)17-8-12-4-3-5-20-12/h3-6H,8-9H2,1-2H3,(H,17,19). The number of amides is 1. The molecule has 2 rings (SSSR count). The SMILES string of the molecule is Cc1cc(C)c(C#N)c(SCC(=O)NCc2ccco2)n1. The Balaban J connectivity index is 1.93. The molecule has 0 fully saturated rings. The van der Waals surface area contributed by atoms with Crippen molar-refractivity contribution in [2.45, 2.75) is 25.4 Å². The Kier molecular flexibility index (Phi) is 5.01. The van der Waals surface area contributed by atoms with Gasteiger partial charge in [-0.2, -0.15) is 5.26 Å². The van der Waals surface area contributed by atoms with Crippen molar-refractivity contribution in [1.82, 2.24) is 10.3 Å². The molecular weight excluding hydrogens is 286 g/mol. The van der Waals surface area contributed by atoms with Crippen LogP contribution in [0.25, 0.3) is 0 Å². The highest BCUT2D eigenvalue weighted by Crippen LogP contribution is 2.23. The lowest BCUT2D eigenvalue weighted by atomic mass is 10.1. The maximum absolute atomic E-state index is 11.8. The molecule has 2 aromatic rings. The van der Waals surface area contributed by atoms with E-state index in [1.807, 2.05) is 19.9 Å². The number of hydrogen-bond donors (Lipinski definition) is 1. The van der Waals surface area contributed by atoms with Crippen molar-refractivity contribution >= 4 is 17.7 Å². The van der Waals surface area contributed by atoms with Crippen LogP contribution >= 0.6 is 11.8 Å². The lowest BCUT2D eigenvalue weighted by molar-refractivity contribution is -0.118. The zero-order valence-corrected chi connectivity index (χ0v) is 12.7. The number of nitrogens with zero attached hydrogens (tertiary/aromatic N) is 2. The molecule has 0 aliphatic carbocycles. The minimum absolute atomic E-state index is 0.124. The predicted molar refractivity (Wildman–Crippen MR) is 79.7 cm³/mol. The average Bonchev–Trinajstić information content (AvgIpc) is 2.95. The van der Waals surface area contributed by atoms with Gasteiger partial charge in [0, 0.05) is 5.69 Å². The van der Waals surface area contributed by atoms with E-state index in [1.165, 1.54) is 11.8 Å². The summed E-state index contributed by atoms with van der Waals surface area (Å²) in [4.78, 5) is 16.1. The molecule has 108 valence electrons. The van der Waals surface area contributed by atoms with Gasteiger partial charge in [-0.3, -0.25) is 4.79 Å². The fraction of sp³-hybridized carbons (Fsp3) is 0.267. The lowest BCUT2D eigenvalue weighted by Crippen LogP contribution is -2.24. The lowest BCUT2D eigenvalue weighted by Gasteiger charge is -2.07. The van der Waals surface area contributed by atoms with Gasteiger partial charge in [0.05, 0.1) is 24.1 Å². The molecule has 1 N–H and O–H groups in total. The van der Waals surface area contributed by atoms with E-state index in [4.69, 9.17) is 9.68 Å². The summed E-state index contributed by atoms with van der Waals surface area (Å²) < 4.78 is 5.14. The Morgan fingerprint density at radius 3 is 3.00 bits per heavy atom. The number of carbonyl (C=O) groups is 1. The molecule has 0 spiro atoms. The fourth-order valence-electron chi connectivity index (χ4n) is 1.83. The van der Waals surface area contributed by atoms with Crippen molar-refractivity contribution < 1.29 is 9.21 Å². The first-order valence-corrected chi connectivity index (χ1v) is 7.39. The Morgan fingerprint density at radius 2 is 2.33 bits per heavy atom. The van der Waals surface area contributed by atoms with Gasteiger partial charge in [0.2, 0.25) is 5.91 Å². The van der Waals surface area contributed by atoms with E-state index in [9.17, 15) is 4.79 Å². The van der Waals surface area contributed by atoms with Gasteiger partial charge in [-0.15, -0.1) is 0 Å². The Hall–Kier alpha value is -2.26. The highest BCUT2D eigenvalue weighted by Gasteiger charge is 2.11. The maximum Gasteiger partial charge on any atom is 0.230 e. The summed E-state index contributed by atoms with van der Waals surface area (Å²) in [5.74, 6) is 0.794. The molecular formula is C15H15N3O2S. The van der Waals surface area contributed by atoms with Crippen LogP contribution in [0, 0.1) is 25.2 Å². The second-order valence-electron chi connectivity index (χ2n) is 4.52. The number of hydrogen-bond acceptors (Lipinski definition) is 5. The Morgan fingerprint density at radius 1 is 1.52 bits per heavy atom. The van der Waals surface area contributed by atoms with Gasteiger partial charge in [0.1, 0.15) is 16.9 Å². The second kappa shape index (κ2) is 6.95. The van der Waals surface area contributed by atoms with E-state index in [1.54, 1.807) is 18.4 Å². The van der Waals surface area contributed by atoms with E-state index in [-0.39, 0.29) is 11.7 Å². The number of furan rings is 1. The fourth-order valence-corrected chi connectivity index (χ4v) is 2.76. The van der Waals surface area contributed by atoms with Gasteiger partial charge >= 0.3 is 0 Å². The van der Waals surface area contributed by atoms with Gasteiger partial charge in [0.25, 0.3) is 0 Å². The molecule has 0 aromatic carbocycles. The third-order valence-electron chi connectivity index (χ3n) is 2.80. The predicted octanol–water partition coefficient (Wildman–Crippen LogP) is 2.57. The minimum Gasteiger partial charge on any atom is -0.467 e. The molecule has 6 heteroatoms. The number of rotatable bonds is 5. The number of thioether (sulfide) groups is 1. The van der Waals surface area contributed by atoms with Gasteiger partial charge < -0.3 is 9.73 Å². The van der Waals surface area contributed by atoms with Crippen molar-refractivity contribution in [2.75, 3.05) is 5.75 Å². The molecule has 2 aromatic heterocycles. The molecule has 0 unspecified atom stereocenters. The van der Waals surface area contributed by atoms with E-state index in [0.29, 0.717) is 22.9 Å². The van der Waals surface area contributed by atoms with E-state index >= 15 is 0 Å². The van der Waals surface area contributed by atoms with Crippen LogP contribution in [-0.2, 0) is 11.3 Å². The van der Waals surface area contributed by atoms with Gasteiger partial charge in [-0.05, 0) is 37.6 Å². The minimum atomic E-state index is -0.124. The molecule has 1 amide bonds. The molecule has 0 atom stereocenters. The number of nitrogens with one attached hydrogen (secondary N) is 1. The quantitative estimate of drug-likeness (QED) is 0.859. The first kappa shape index (κ1) is 15.1. The van der Waals surface area contributed by atoms with Crippen molar-refractivity contribution in [3.05, 3.63) is 47.0 Å². The van der Waals surface area contributed by atoms with Crippen LogP contribution in [0.2, 0.25) is 0 Å². The van der Waals surface area contributed by atoms with Crippen LogP contribution in [0.3, 0.4) is 0 Å². The van der Waals surface area contributed by atoms with Crippen LogP contribution in [0.15, 0.2) is 33.9 Å². The molecule has 2 heterocycles. The van der Waals surface area contributed by atoms with Crippen LogP contribution < -0.4 is 5.32 Å². The number of carbonyl (C=O) groups excluding carboxylic acids is 1. The first-order valence-electron chi connectivity index (χ1n) is 6.40. The van der Waals surface area contributed by atoms with Gasteiger partial charge in [-0.1, -0.05) is 11.8 Å². The molecule has 0 saturated heterocycles. The maximum atomic E-state index is 11.8. The van der Waals surface area contributed by atoms with E-state index in [0.717, 1.165) is 11.3 Å². The summed E-state index contributed by atoms with van der Waals surface area (Å²) in [6.07, 6.45) is 1.56. The zero-order chi connectivity index (χ0) is 15.2. The third kappa shape index (κ3) is 4.10. The highest BCUT2D eigenvalue weighted by molar-refractivity contribution is 8.00. The molecule has 5 nitrogen and oxygen atoms in total. The third-order valence-corrected chi connectivity index (χ3v) is 3.78. The van der Waals surface area contributed by atoms with Crippen molar-refractivity contribution in [1.29, 1.82) is 5.26 Å². The normalized spacial score (nSPS) is 10.1. The Bertz CT molecular complexity index is 675. The second-order valence-corrected chi connectivity index (χ2v) is 5.48. The molecule has 0 aliphatic rings. The monoisotopic (exact) mass is 301 g/mol. The number of nitriles is 1. The summed E-state index contributed by atoms with van der Waals surface area (Å²) >= 11 is 1.27. The summed E-state index contributed by atoms with van der Waals surface area (Å²) in [5.41, 5.74) is 2.25. The zero-order valence-electron chi connectivity index (χ0n) is 11.8. The highest BCUT2D eigenvalue weighted by atomic mass is 32.2. The average molecular weight is 301 g/mol. The van der Waals surface area contributed by atoms with Crippen molar-refractivity contribution in [2.24, 2.45) is 0 Å². The van der Waals surface area contributed by atoms with Crippen LogP contribution in [0.5, 0.6) is 0 Å². The summed E-state index contributed by atoms with van der Waals surface area (Å²) in [6, 6.07) is 7.57. The summed E-state index contributed by atoms with van der Waals surface area (Å²) in [6.45, 7) is 4.10. The van der Waals surface area contributed by atoms with E-state index < -0.39 is 0 Å². The number of aromatic nitrogens is 1. The molecule has 0 aliphatic heterocycles. The summed E-state index contributed by atoms with van der Waals surface area (Å²) in [7, 11) is 0. The smallest absolute Gasteiger partial charge is 0.230 e. The number of pyridine rings is 1. The summed E-state index contributed by atoms with van der Waals surface area (Å²) in [5, 5.41) is 12.5. The van der Waals surface area contributed by atoms with Crippen molar-refractivity contribution in [3.63, 3.8) is 0 Å². The van der Waals surface area contributed by atoms with E-state index in [2.05, 4.69) is 16.4 Å². The molecule has 0 radical (unpaired) electrons. The Labute approximate surface area is 127 Å². The van der Waals surface area contributed by atoms with Crippen LogP contribution in [-0.4, -0.2) is 16.6 Å². The van der Waals surface area contributed by atoms with Gasteiger partial charge in [-0.25, -0.2) is 4.98 Å². The largest absolute Gasteiger partial charge is 0.467 e. The topological polar surface area (TPSA) is 78.9 Å². The number of aryl methyl sites for hydroxylation is 2. The molecule has 0 saturated carbocycles. The first-order chi connectivity index (χ1) is 10.1. The molecule has 21 heavy (non-hydrogen) atoms. The van der Waals surface area contributed by atoms with Gasteiger partial charge in [0.15, 0.2) is 0 Å². The van der Waals surface area contributed by atoms with Crippen LogP contribution in [0.1, 0.15) is 22.6 Å². The van der Waals surface area contributed by atoms with Crippen LogP contribution in [0.4, 0.5) is 0 Å². The molecule has 0 bridgehead atoms. The van der Waals surface area contributed by atoms with Crippen molar-refractivity contribution in [3.8, 4) is 6.07 Å².